The highest BCUT2D eigenvalue weighted by molar-refractivity contribution is 5.82. The number of carbonyl (C=O) groups excluding carboxylic acids is 1. The van der Waals surface area contributed by atoms with Crippen molar-refractivity contribution >= 4 is 5.91 Å². The highest BCUT2D eigenvalue weighted by atomic mass is 16.2. The van der Waals surface area contributed by atoms with Crippen molar-refractivity contribution in [3.63, 3.8) is 0 Å². The van der Waals surface area contributed by atoms with Gasteiger partial charge in [0.15, 0.2) is 0 Å². The van der Waals surface area contributed by atoms with Crippen LogP contribution in [0.1, 0.15) is 19.0 Å². The maximum atomic E-state index is 11.9. The molecule has 2 unspecified atom stereocenters. The number of nitrogens with zero attached hydrogens (tertiary/aromatic N) is 2. The summed E-state index contributed by atoms with van der Waals surface area (Å²) in [7, 11) is 0. The highest BCUT2D eigenvalue weighted by Crippen LogP contribution is 2.16. The van der Waals surface area contributed by atoms with Crippen molar-refractivity contribution in [3.05, 3.63) is 30.1 Å². The summed E-state index contributed by atoms with van der Waals surface area (Å²) in [5, 5.41) is 2.93. The standard InChI is InChI=1S/C13H20N4O/c1-10-8-16-13(18)12(5-6-14)17(10)9-11-4-2-3-7-15-11/h2-4,7,10,12H,5-6,8-9,14H2,1H3,(H,16,18). The van der Waals surface area contributed by atoms with Gasteiger partial charge in [0, 0.05) is 25.3 Å². The van der Waals surface area contributed by atoms with Crippen molar-refractivity contribution in [2.24, 2.45) is 5.73 Å². The third-order valence-corrected chi connectivity index (χ3v) is 3.35. The molecule has 1 amide bonds. The van der Waals surface area contributed by atoms with E-state index in [-0.39, 0.29) is 11.9 Å². The number of carbonyl (C=O) groups is 1. The van der Waals surface area contributed by atoms with Crippen LogP contribution in [0.4, 0.5) is 0 Å². The summed E-state index contributed by atoms with van der Waals surface area (Å²) >= 11 is 0. The molecule has 1 saturated heterocycles. The maximum absolute atomic E-state index is 11.9. The molecule has 1 aromatic heterocycles. The van der Waals surface area contributed by atoms with Gasteiger partial charge in [0.1, 0.15) is 0 Å². The van der Waals surface area contributed by atoms with E-state index >= 15 is 0 Å². The van der Waals surface area contributed by atoms with Gasteiger partial charge in [-0.15, -0.1) is 0 Å². The third-order valence-electron chi connectivity index (χ3n) is 3.35. The van der Waals surface area contributed by atoms with E-state index in [9.17, 15) is 4.79 Å². The molecule has 1 aromatic rings. The number of rotatable bonds is 4. The Balaban J connectivity index is 2.13. The second kappa shape index (κ2) is 5.93. The van der Waals surface area contributed by atoms with Crippen LogP contribution in [0.25, 0.3) is 0 Å². The van der Waals surface area contributed by atoms with Gasteiger partial charge in [-0.2, -0.15) is 0 Å². The molecule has 1 aliphatic rings. The lowest BCUT2D eigenvalue weighted by Crippen LogP contribution is -2.59. The first-order chi connectivity index (χ1) is 8.72. The molecule has 3 N–H and O–H groups in total. The Bertz CT molecular complexity index is 395. The van der Waals surface area contributed by atoms with Gasteiger partial charge in [0.05, 0.1) is 11.7 Å². The first kappa shape index (κ1) is 13.0. The Morgan fingerprint density at radius 3 is 3.06 bits per heavy atom. The van der Waals surface area contributed by atoms with Gasteiger partial charge in [0.25, 0.3) is 0 Å². The first-order valence-corrected chi connectivity index (χ1v) is 6.36. The minimum atomic E-state index is -0.138. The summed E-state index contributed by atoms with van der Waals surface area (Å²) < 4.78 is 0. The third kappa shape index (κ3) is 2.86. The SMILES string of the molecule is CC1CNC(=O)C(CCN)N1Cc1ccccn1. The van der Waals surface area contributed by atoms with Crippen molar-refractivity contribution in [2.75, 3.05) is 13.1 Å². The zero-order valence-electron chi connectivity index (χ0n) is 10.7. The minimum absolute atomic E-state index is 0.0782. The van der Waals surface area contributed by atoms with E-state index < -0.39 is 0 Å². The van der Waals surface area contributed by atoms with Gasteiger partial charge in [-0.25, -0.2) is 0 Å². The van der Waals surface area contributed by atoms with Crippen LogP contribution >= 0.6 is 0 Å². The second-order valence-electron chi connectivity index (χ2n) is 4.68. The molecule has 0 bridgehead atoms. The minimum Gasteiger partial charge on any atom is -0.353 e. The molecule has 5 nitrogen and oxygen atoms in total. The molecule has 0 spiro atoms. The first-order valence-electron chi connectivity index (χ1n) is 6.36. The number of piperazine rings is 1. The number of nitrogens with one attached hydrogen (secondary N) is 1. The molecule has 0 radical (unpaired) electrons. The normalized spacial score (nSPS) is 24.9. The van der Waals surface area contributed by atoms with Crippen molar-refractivity contribution in [2.45, 2.75) is 32.0 Å². The van der Waals surface area contributed by atoms with Crippen molar-refractivity contribution in [3.8, 4) is 0 Å². The number of pyridine rings is 1. The van der Waals surface area contributed by atoms with E-state index in [1.165, 1.54) is 0 Å². The zero-order chi connectivity index (χ0) is 13.0. The van der Waals surface area contributed by atoms with Crippen molar-refractivity contribution in [1.82, 2.24) is 15.2 Å². The largest absolute Gasteiger partial charge is 0.353 e. The molecule has 2 rings (SSSR count). The fraction of sp³-hybridized carbons (Fsp3) is 0.538. The smallest absolute Gasteiger partial charge is 0.237 e. The summed E-state index contributed by atoms with van der Waals surface area (Å²) in [4.78, 5) is 18.4. The Labute approximate surface area is 107 Å². The van der Waals surface area contributed by atoms with E-state index in [0.29, 0.717) is 32.1 Å². The topological polar surface area (TPSA) is 71.2 Å². The average molecular weight is 248 g/mol. The molecule has 0 aliphatic carbocycles. The molecule has 0 aromatic carbocycles. The van der Waals surface area contributed by atoms with Crippen molar-refractivity contribution in [1.29, 1.82) is 0 Å². The molecular formula is C13H20N4O. The predicted molar refractivity (Wildman–Crippen MR) is 69.7 cm³/mol. The lowest BCUT2D eigenvalue weighted by molar-refractivity contribution is -0.131. The molecule has 1 aliphatic heterocycles. The van der Waals surface area contributed by atoms with Crippen LogP contribution in [-0.2, 0) is 11.3 Å². The summed E-state index contributed by atoms with van der Waals surface area (Å²) in [5.74, 6) is 0.0782. The monoisotopic (exact) mass is 248 g/mol. The number of hydrogen-bond acceptors (Lipinski definition) is 4. The fourth-order valence-corrected chi connectivity index (χ4v) is 2.34. The van der Waals surface area contributed by atoms with E-state index in [1.54, 1.807) is 6.20 Å². The summed E-state index contributed by atoms with van der Waals surface area (Å²) in [5.41, 5.74) is 6.59. The van der Waals surface area contributed by atoms with E-state index in [4.69, 9.17) is 5.73 Å². The molecule has 5 heteroatoms. The summed E-state index contributed by atoms with van der Waals surface area (Å²) in [6.45, 7) is 4.02. The molecule has 0 saturated carbocycles. The fourth-order valence-electron chi connectivity index (χ4n) is 2.34. The second-order valence-corrected chi connectivity index (χ2v) is 4.68. The van der Waals surface area contributed by atoms with Crippen LogP contribution in [0.2, 0.25) is 0 Å². The Morgan fingerprint density at radius 1 is 1.56 bits per heavy atom. The average Bonchev–Trinajstić information content (AvgIpc) is 2.39. The van der Waals surface area contributed by atoms with Gasteiger partial charge in [-0.3, -0.25) is 14.7 Å². The predicted octanol–water partition coefficient (Wildman–Crippen LogP) is 0.119. The summed E-state index contributed by atoms with van der Waals surface area (Å²) in [6.07, 6.45) is 2.46. The lowest BCUT2D eigenvalue weighted by Gasteiger charge is -2.39. The van der Waals surface area contributed by atoms with Gasteiger partial charge < -0.3 is 11.1 Å². The number of aromatic nitrogens is 1. The Kier molecular flexibility index (Phi) is 4.28. The van der Waals surface area contributed by atoms with Gasteiger partial charge in [-0.05, 0) is 32.0 Å². The Hall–Kier alpha value is -1.46. The van der Waals surface area contributed by atoms with Gasteiger partial charge in [-0.1, -0.05) is 6.07 Å². The highest BCUT2D eigenvalue weighted by Gasteiger charge is 2.33. The molecule has 18 heavy (non-hydrogen) atoms. The maximum Gasteiger partial charge on any atom is 0.237 e. The quantitative estimate of drug-likeness (QED) is 0.794. The van der Waals surface area contributed by atoms with Crippen LogP contribution < -0.4 is 11.1 Å². The molecule has 2 heterocycles. The Morgan fingerprint density at radius 2 is 2.39 bits per heavy atom. The van der Waals surface area contributed by atoms with Crippen molar-refractivity contribution < 1.29 is 4.79 Å². The van der Waals surface area contributed by atoms with Crippen LogP contribution in [0, 0.1) is 0 Å². The number of hydrogen-bond donors (Lipinski definition) is 2. The van der Waals surface area contributed by atoms with Crippen LogP contribution in [-0.4, -0.2) is 41.0 Å². The van der Waals surface area contributed by atoms with Crippen LogP contribution in [0.5, 0.6) is 0 Å². The van der Waals surface area contributed by atoms with Crippen LogP contribution in [0.3, 0.4) is 0 Å². The molecule has 98 valence electrons. The number of amides is 1. The van der Waals surface area contributed by atoms with E-state index in [1.807, 2.05) is 18.2 Å². The van der Waals surface area contributed by atoms with Gasteiger partial charge in [0.2, 0.25) is 5.91 Å². The molecular weight excluding hydrogens is 228 g/mol. The van der Waals surface area contributed by atoms with Gasteiger partial charge >= 0.3 is 0 Å². The number of nitrogens with two attached hydrogens (primary N) is 1. The lowest BCUT2D eigenvalue weighted by atomic mass is 10.0. The summed E-state index contributed by atoms with van der Waals surface area (Å²) in [6, 6.07) is 6.02. The van der Waals surface area contributed by atoms with E-state index in [0.717, 1.165) is 5.69 Å². The zero-order valence-corrected chi connectivity index (χ0v) is 10.7. The van der Waals surface area contributed by atoms with E-state index in [2.05, 4.69) is 22.1 Å². The molecule has 2 atom stereocenters. The van der Waals surface area contributed by atoms with Crippen LogP contribution in [0.15, 0.2) is 24.4 Å². The molecule has 1 fully saturated rings.